The molecule has 8 fully saturated rings. The Morgan fingerprint density at radius 3 is 1.99 bits per heavy atom. The molecular formula is C52H81O14Si4. The maximum atomic E-state index is 15.4. The van der Waals surface area contributed by atoms with E-state index in [1.807, 2.05) is 27.7 Å². The molecule has 2 saturated heterocycles. The van der Waals surface area contributed by atoms with Crippen LogP contribution >= 0.6 is 0 Å². The van der Waals surface area contributed by atoms with Crippen molar-refractivity contribution in [2.75, 3.05) is 21.0 Å². The van der Waals surface area contributed by atoms with Gasteiger partial charge in [-0.25, -0.2) is 0 Å². The molecule has 19 unspecified atom stereocenters. The number of carbonyl (C=O) groups excluding carboxylic acids is 6. The fourth-order valence-corrected chi connectivity index (χ4v) is 44.4. The molecule has 6 bridgehead atoms. The summed E-state index contributed by atoms with van der Waals surface area (Å²) in [7, 11) is -1.20. The first-order valence-electron chi connectivity index (χ1n) is 26.5. The minimum Gasteiger partial charge on any atom is -0.481 e. The highest BCUT2D eigenvalue weighted by Crippen LogP contribution is 2.70. The van der Waals surface area contributed by atoms with Crippen LogP contribution in [-0.4, -0.2) is 109 Å². The molecule has 6 aliphatic carbocycles. The standard InChI is InChI=1S/C52H81O14Si4/c1-26(2)65-50(60)52(6,43-27(3)29-13-14-30(43)15-29)20-51(5,49(59)63-21-64-70(12)24-68(10)22-67(9)23-69(11)25-70)19-36-42(48(58)66-46(36)56)39-33-16-31(17-34(33)45(55)61-7)38(39)37-28(4)32-18-35(37)41(47(57)62-8)40(32)44(53)54/h26-43H,13-25H2,1-12H3,(H,53,54). The van der Waals surface area contributed by atoms with Gasteiger partial charge in [0.15, 0.2) is 15.1 Å². The first-order valence-corrected chi connectivity index (χ1v) is 36.5. The Labute approximate surface area is 421 Å². The van der Waals surface area contributed by atoms with Crippen LogP contribution in [0.4, 0.5) is 0 Å². The number of carbonyl (C=O) groups is 7. The van der Waals surface area contributed by atoms with Crippen LogP contribution in [0.5, 0.6) is 0 Å². The Hall–Kier alpha value is -2.68. The van der Waals surface area contributed by atoms with Crippen LogP contribution in [0.15, 0.2) is 0 Å². The molecule has 2 aliphatic heterocycles. The molecule has 3 radical (unpaired) electrons. The van der Waals surface area contributed by atoms with E-state index in [-0.39, 0.29) is 99.5 Å². The van der Waals surface area contributed by atoms with Crippen LogP contribution in [0, 0.1) is 111 Å². The van der Waals surface area contributed by atoms with Crippen LogP contribution in [0.1, 0.15) is 92.9 Å². The van der Waals surface area contributed by atoms with Gasteiger partial charge in [0.25, 0.3) is 0 Å². The second-order valence-electron chi connectivity index (χ2n) is 25.2. The average Bonchev–Trinajstić information content (AvgIpc) is 4.15. The van der Waals surface area contributed by atoms with E-state index in [4.69, 9.17) is 28.1 Å². The molecule has 0 aromatic rings. The average molecular weight is 1040 g/mol. The van der Waals surface area contributed by atoms with Crippen LogP contribution in [0.25, 0.3) is 0 Å². The molecule has 0 amide bonds. The van der Waals surface area contributed by atoms with E-state index in [2.05, 4.69) is 33.1 Å². The highest BCUT2D eigenvalue weighted by Gasteiger charge is 2.71. The van der Waals surface area contributed by atoms with Crippen LogP contribution < -0.4 is 0 Å². The predicted octanol–water partition coefficient (Wildman–Crippen LogP) is 7.82. The molecule has 8 aliphatic rings. The zero-order valence-electron chi connectivity index (χ0n) is 43.8. The number of esters is 6. The van der Waals surface area contributed by atoms with Crippen LogP contribution in [0.3, 0.4) is 0 Å². The first kappa shape index (κ1) is 53.6. The Morgan fingerprint density at radius 1 is 0.757 bits per heavy atom. The fourth-order valence-electron chi connectivity index (χ4n) is 18.3. The molecule has 14 nitrogen and oxygen atoms in total. The van der Waals surface area contributed by atoms with Gasteiger partial charge in [0, 0.05) is 26.4 Å². The Balaban J connectivity index is 1.17. The molecule has 6 saturated carbocycles. The van der Waals surface area contributed by atoms with Crippen LogP contribution in [0.2, 0.25) is 48.9 Å². The lowest BCUT2D eigenvalue weighted by Crippen LogP contribution is -2.51. The molecular weight excluding hydrogens is 961 g/mol. The van der Waals surface area contributed by atoms with Crippen LogP contribution in [-0.2, 0) is 61.7 Å². The second-order valence-corrected chi connectivity index (χ2v) is 39.8. The molecule has 0 aromatic carbocycles. The summed E-state index contributed by atoms with van der Waals surface area (Å²) in [6.07, 6.45) is 4.14. The molecule has 1 N–H and O–H groups in total. The lowest BCUT2D eigenvalue weighted by molar-refractivity contribution is -0.177. The van der Waals surface area contributed by atoms with Gasteiger partial charge in [-0.1, -0.05) is 44.8 Å². The molecule has 19 atom stereocenters. The largest absolute Gasteiger partial charge is 0.481 e. The van der Waals surface area contributed by atoms with Crippen molar-refractivity contribution in [1.82, 2.24) is 0 Å². The molecule has 0 aromatic heterocycles. The summed E-state index contributed by atoms with van der Waals surface area (Å²) in [5.74, 6) is -10.4. The van der Waals surface area contributed by atoms with Gasteiger partial charge in [-0.15, -0.1) is 0 Å². The Morgan fingerprint density at radius 2 is 1.40 bits per heavy atom. The summed E-state index contributed by atoms with van der Waals surface area (Å²) >= 11 is 0. The highest BCUT2D eigenvalue weighted by atomic mass is 28.4. The third-order valence-corrected chi connectivity index (χ3v) is 41.3. The normalized spacial score (nSPS) is 40.9. The highest BCUT2D eigenvalue weighted by molar-refractivity contribution is 6.98. The van der Waals surface area contributed by atoms with E-state index >= 15 is 4.79 Å². The lowest BCUT2D eigenvalue weighted by atomic mass is 9.54. The van der Waals surface area contributed by atoms with Crippen molar-refractivity contribution in [3.05, 3.63) is 0 Å². The summed E-state index contributed by atoms with van der Waals surface area (Å²) in [5.41, 5.74) is 2.18. The molecule has 0 spiro atoms. The predicted molar refractivity (Wildman–Crippen MR) is 266 cm³/mol. The quantitative estimate of drug-likeness (QED) is 0.0517. The van der Waals surface area contributed by atoms with E-state index in [0.29, 0.717) is 25.2 Å². The summed E-state index contributed by atoms with van der Waals surface area (Å²) < 4.78 is 35.5. The second kappa shape index (κ2) is 20.2. The zero-order valence-corrected chi connectivity index (χ0v) is 47.8. The number of hydrogen-bond donors (Lipinski definition) is 1. The van der Waals surface area contributed by atoms with Crippen molar-refractivity contribution >= 4 is 76.5 Å². The van der Waals surface area contributed by atoms with Crippen molar-refractivity contribution in [1.29, 1.82) is 0 Å². The zero-order chi connectivity index (χ0) is 51.1. The fraction of sp³-hybridized carbons (Fsp3) is 0.865. The number of methoxy groups -OCH3 is 2. The topological polar surface area (TPSA) is 195 Å². The van der Waals surface area contributed by atoms with Crippen molar-refractivity contribution in [2.45, 2.75) is 148 Å². The van der Waals surface area contributed by atoms with Crippen molar-refractivity contribution in [2.24, 2.45) is 111 Å². The molecule has 389 valence electrons. The van der Waals surface area contributed by atoms with Gasteiger partial charge in [-0.05, 0) is 168 Å². The number of rotatable bonds is 16. The van der Waals surface area contributed by atoms with Gasteiger partial charge < -0.3 is 33.2 Å². The monoisotopic (exact) mass is 1040 g/mol. The Kier molecular flexibility index (Phi) is 15.5. The summed E-state index contributed by atoms with van der Waals surface area (Å²) in [6.45, 7) is 21.0. The number of hydrogen-bond acceptors (Lipinski definition) is 13. The van der Waals surface area contributed by atoms with Crippen molar-refractivity contribution < 1.29 is 66.8 Å². The molecule has 18 heteroatoms. The number of aliphatic carboxylic acids is 1. The first-order chi connectivity index (χ1) is 32.9. The van der Waals surface area contributed by atoms with Gasteiger partial charge in [-0.2, -0.15) is 0 Å². The summed E-state index contributed by atoms with van der Waals surface area (Å²) in [5, 5.41) is 10.5. The van der Waals surface area contributed by atoms with Gasteiger partial charge in [0.1, 0.15) is 0 Å². The number of ether oxygens (including phenoxy) is 5. The minimum atomic E-state index is -2.26. The van der Waals surface area contributed by atoms with E-state index in [9.17, 15) is 33.9 Å². The number of fused-ring (bicyclic) bond motifs is 6. The van der Waals surface area contributed by atoms with Gasteiger partial charge in [-0.3, -0.25) is 33.6 Å². The van der Waals surface area contributed by atoms with E-state index in [1.54, 1.807) is 6.92 Å². The van der Waals surface area contributed by atoms with Crippen molar-refractivity contribution in [3.8, 4) is 0 Å². The molecule has 2 heterocycles. The third kappa shape index (κ3) is 9.54. The van der Waals surface area contributed by atoms with Gasteiger partial charge in [0.05, 0.1) is 60.7 Å². The van der Waals surface area contributed by atoms with E-state index < -0.39 is 108 Å². The molecule has 70 heavy (non-hydrogen) atoms. The maximum absolute atomic E-state index is 15.4. The molecule has 8 rings (SSSR count). The smallest absolute Gasteiger partial charge is 0.317 e. The Bertz CT molecular complexity index is 2050. The van der Waals surface area contributed by atoms with E-state index in [1.165, 1.54) is 25.6 Å². The van der Waals surface area contributed by atoms with Crippen molar-refractivity contribution in [3.63, 3.8) is 0 Å². The maximum Gasteiger partial charge on any atom is 0.317 e. The van der Waals surface area contributed by atoms with Gasteiger partial charge in [0.2, 0.25) is 0 Å². The number of carboxylic acids is 1. The summed E-state index contributed by atoms with van der Waals surface area (Å²) in [6, 6.07) is 0. The number of carboxylic acid groups (broad SMARTS) is 1. The number of cyclic esters (lactones) is 2. The lowest BCUT2D eigenvalue weighted by Gasteiger charge is -2.48. The minimum absolute atomic E-state index is 0.0131. The third-order valence-electron chi connectivity index (χ3n) is 20.0. The van der Waals surface area contributed by atoms with Gasteiger partial charge >= 0.3 is 41.8 Å². The summed E-state index contributed by atoms with van der Waals surface area (Å²) in [4.78, 5) is 99.4. The SMILES string of the molecule is COC(=O)C1CC2CC1C(C1C(=O)OC(=O)C1CC(C)(CC(C)(C(=O)OC(C)C)C1C3CCC(C3)C1C)C(=O)OCO[Si]1(C)C[Si](C)C[Si](C)C[Si](C)C1)C2C1C(C)C2CC1C(C(=O)OC)C2C(=O)O. The van der Waals surface area contributed by atoms with E-state index in [0.717, 1.165) is 30.6 Å².